The molecule has 1 aromatic heterocycles. The van der Waals surface area contributed by atoms with Crippen LogP contribution >= 0.6 is 11.3 Å². The molecule has 5 nitrogen and oxygen atoms in total. The average Bonchev–Trinajstić information content (AvgIpc) is 2.64. The normalized spacial score (nSPS) is 25.1. The third kappa shape index (κ3) is 2.81. The van der Waals surface area contributed by atoms with Gasteiger partial charge in [-0.05, 0) is 32.9 Å². The van der Waals surface area contributed by atoms with E-state index in [1.54, 1.807) is 6.92 Å². The van der Waals surface area contributed by atoms with Crippen molar-refractivity contribution in [3.8, 4) is 0 Å². The first-order valence-corrected chi connectivity index (χ1v) is 6.95. The molecule has 1 saturated heterocycles. The van der Waals surface area contributed by atoms with Crippen LogP contribution in [0.2, 0.25) is 0 Å². The Bertz CT molecular complexity index is 447. The zero-order chi connectivity index (χ0) is 13.3. The summed E-state index contributed by atoms with van der Waals surface area (Å²) < 4.78 is 0. The van der Waals surface area contributed by atoms with E-state index in [2.05, 4.69) is 29.2 Å². The molecule has 2 heterocycles. The average molecular weight is 269 g/mol. The number of rotatable bonds is 3. The van der Waals surface area contributed by atoms with Crippen molar-refractivity contribution in [2.75, 3.05) is 25.5 Å². The third-order valence-corrected chi connectivity index (χ3v) is 4.32. The Morgan fingerprint density at radius 1 is 1.61 bits per heavy atom. The van der Waals surface area contributed by atoms with Crippen LogP contribution in [0.1, 0.15) is 28.7 Å². The van der Waals surface area contributed by atoms with E-state index in [-0.39, 0.29) is 5.69 Å². The van der Waals surface area contributed by atoms with E-state index in [0.29, 0.717) is 12.0 Å². The highest BCUT2D eigenvalue weighted by molar-refractivity contribution is 7.15. The first-order valence-electron chi connectivity index (χ1n) is 6.13. The second-order valence-electron chi connectivity index (χ2n) is 5.01. The van der Waals surface area contributed by atoms with Crippen molar-refractivity contribution in [3.63, 3.8) is 0 Å². The number of thiazole rings is 1. The lowest BCUT2D eigenvalue weighted by Gasteiger charge is -2.35. The Morgan fingerprint density at radius 2 is 2.33 bits per heavy atom. The number of aromatic nitrogens is 1. The molecule has 1 aromatic rings. The van der Waals surface area contributed by atoms with Gasteiger partial charge in [0.2, 0.25) is 0 Å². The molecule has 1 aliphatic rings. The third-order valence-electron chi connectivity index (χ3n) is 3.42. The van der Waals surface area contributed by atoms with E-state index in [9.17, 15) is 4.79 Å². The predicted molar refractivity (Wildman–Crippen MR) is 72.5 cm³/mol. The van der Waals surface area contributed by atoms with E-state index in [0.717, 1.165) is 29.5 Å². The van der Waals surface area contributed by atoms with Crippen molar-refractivity contribution < 1.29 is 9.90 Å². The zero-order valence-corrected chi connectivity index (χ0v) is 11.8. The van der Waals surface area contributed by atoms with E-state index in [1.165, 1.54) is 11.3 Å². The number of carboxylic acid groups (broad SMARTS) is 1. The Morgan fingerprint density at radius 3 is 2.89 bits per heavy atom. The molecule has 0 bridgehead atoms. The molecule has 18 heavy (non-hydrogen) atoms. The highest BCUT2D eigenvalue weighted by Gasteiger charge is 2.25. The lowest BCUT2D eigenvalue weighted by atomic mass is 9.94. The molecule has 6 heteroatoms. The summed E-state index contributed by atoms with van der Waals surface area (Å²) in [7, 11) is 2.13. The Balaban J connectivity index is 2.05. The van der Waals surface area contributed by atoms with Gasteiger partial charge in [0, 0.05) is 17.5 Å². The van der Waals surface area contributed by atoms with Crippen LogP contribution in [0.4, 0.5) is 5.13 Å². The first kappa shape index (κ1) is 13.3. The van der Waals surface area contributed by atoms with Gasteiger partial charge in [-0.15, -0.1) is 11.3 Å². The summed E-state index contributed by atoms with van der Waals surface area (Å²) in [5.41, 5.74) is 0.170. The van der Waals surface area contributed by atoms with Gasteiger partial charge >= 0.3 is 5.97 Å². The van der Waals surface area contributed by atoms with Gasteiger partial charge in [0.15, 0.2) is 10.8 Å². The fraction of sp³-hybridized carbons (Fsp3) is 0.667. The smallest absolute Gasteiger partial charge is 0.355 e. The number of piperidine rings is 1. The van der Waals surface area contributed by atoms with E-state index < -0.39 is 5.97 Å². The van der Waals surface area contributed by atoms with Gasteiger partial charge in [-0.3, -0.25) is 0 Å². The van der Waals surface area contributed by atoms with Gasteiger partial charge in [0.25, 0.3) is 0 Å². The topological polar surface area (TPSA) is 65.5 Å². The Hall–Kier alpha value is -1.14. The van der Waals surface area contributed by atoms with Crippen molar-refractivity contribution in [1.29, 1.82) is 0 Å². The number of hydrogen-bond acceptors (Lipinski definition) is 5. The molecule has 1 fully saturated rings. The number of anilines is 1. The van der Waals surface area contributed by atoms with Gasteiger partial charge in [-0.1, -0.05) is 6.92 Å². The number of carbonyl (C=O) groups is 1. The number of hydrogen-bond donors (Lipinski definition) is 2. The monoisotopic (exact) mass is 269 g/mol. The van der Waals surface area contributed by atoms with Crippen molar-refractivity contribution in [2.24, 2.45) is 5.92 Å². The minimum atomic E-state index is -0.951. The summed E-state index contributed by atoms with van der Waals surface area (Å²) in [4.78, 5) is 18.2. The SMILES string of the molecule is Cc1sc(NC2CCN(C)CC2C)nc1C(=O)O. The largest absolute Gasteiger partial charge is 0.476 e. The van der Waals surface area contributed by atoms with E-state index in [4.69, 9.17) is 5.11 Å². The molecular formula is C12H19N3O2S. The van der Waals surface area contributed by atoms with Crippen LogP contribution < -0.4 is 5.32 Å². The molecule has 1 aliphatic heterocycles. The maximum Gasteiger partial charge on any atom is 0.355 e. The van der Waals surface area contributed by atoms with Gasteiger partial charge in [-0.2, -0.15) is 0 Å². The van der Waals surface area contributed by atoms with E-state index in [1.807, 2.05) is 0 Å². The first-order chi connectivity index (χ1) is 8.47. The van der Waals surface area contributed by atoms with Gasteiger partial charge in [0.1, 0.15) is 0 Å². The molecule has 100 valence electrons. The van der Waals surface area contributed by atoms with Crippen molar-refractivity contribution in [3.05, 3.63) is 10.6 Å². The minimum Gasteiger partial charge on any atom is -0.476 e. The molecule has 2 atom stereocenters. The second-order valence-corrected chi connectivity index (χ2v) is 6.21. The highest BCUT2D eigenvalue weighted by Crippen LogP contribution is 2.26. The lowest BCUT2D eigenvalue weighted by Crippen LogP contribution is -2.43. The van der Waals surface area contributed by atoms with Gasteiger partial charge in [-0.25, -0.2) is 9.78 Å². The summed E-state index contributed by atoms with van der Waals surface area (Å²) in [6, 6.07) is 0.383. The number of nitrogens with zero attached hydrogens (tertiary/aromatic N) is 2. The van der Waals surface area contributed by atoms with Crippen LogP contribution in [0.25, 0.3) is 0 Å². The van der Waals surface area contributed by atoms with Crippen molar-refractivity contribution >= 4 is 22.4 Å². The maximum atomic E-state index is 10.9. The second kappa shape index (κ2) is 5.24. The quantitative estimate of drug-likeness (QED) is 0.877. The molecule has 2 unspecified atom stereocenters. The summed E-state index contributed by atoms with van der Waals surface area (Å²) in [6.07, 6.45) is 1.07. The van der Waals surface area contributed by atoms with Crippen molar-refractivity contribution in [2.45, 2.75) is 26.3 Å². The molecule has 0 spiro atoms. The number of nitrogens with one attached hydrogen (secondary N) is 1. The fourth-order valence-corrected chi connectivity index (χ4v) is 3.25. The molecule has 0 amide bonds. The summed E-state index contributed by atoms with van der Waals surface area (Å²) in [5, 5.41) is 13.1. The van der Waals surface area contributed by atoms with E-state index >= 15 is 0 Å². The van der Waals surface area contributed by atoms with Crippen LogP contribution in [0.3, 0.4) is 0 Å². The van der Waals surface area contributed by atoms with Crippen LogP contribution in [-0.4, -0.2) is 47.1 Å². The minimum absolute atomic E-state index is 0.170. The molecule has 0 aromatic carbocycles. The fourth-order valence-electron chi connectivity index (χ4n) is 2.38. The highest BCUT2D eigenvalue weighted by atomic mass is 32.1. The summed E-state index contributed by atoms with van der Waals surface area (Å²) in [5.74, 6) is -0.408. The Labute approximate surface area is 111 Å². The van der Waals surface area contributed by atoms with Crippen LogP contribution in [0.5, 0.6) is 0 Å². The van der Waals surface area contributed by atoms with Gasteiger partial charge in [0.05, 0.1) is 0 Å². The standard InChI is InChI=1S/C12H19N3O2S/c1-7-6-15(3)5-4-9(7)13-12-14-10(11(16)17)8(2)18-12/h7,9H,4-6H2,1-3H3,(H,13,14)(H,16,17). The van der Waals surface area contributed by atoms with Crippen molar-refractivity contribution in [1.82, 2.24) is 9.88 Å². The molecule has 0 aliphatic carbocycles. The molecule has 0 radical (unpaired) electrons. The number of carboxylic acids is 1. The van der Waals surface area contributed by atoms with Crippen LogP contribution in [0.15, 0.2) is 0 Å². The lowest BCUT2D eigenvalue weighted by molar-refractivity contribution is 0.0690. The maximum absolute atomic E-state index is 10.9. The number of aryl methyl sites for hydroxylation is 1. The number of likely N-dealkylation sites (tertiary alicyclic amines) is 1. The summed E-state index contributed by atoms with van der Waals surface area (Å²) >= 11 is 1.42. The Kier molecular flexibility index (Phi) is 3.87. The molecule has 2 N–H and O–H groups in total. The van der Waals surface area contributed by atoms with Gasteiger partial charge < -0.3 is 15.3 Å². The summed E-state index contributed by atoms with van der Waals surface area (Å²) in [6.45, 7) is 6.14. The van der Waals surface area contributed by atoms with Crippen LogP contribution in [-0.2, 0) is 0 Å². The van der Waals surface area contributed by atoms with Crippen LogP contribution in [0, 0.1) is 12.8 Å². The number of aromatic carboxylic acids is 1. The predicted octanol–water partition coefficient (Wildman–Crippen LogP) is 1.90. The zero-order valence-electron chi connectivity index (χ0n) is 10.9. The molecule has 2 rings (SSSR count). The molecule has 0 saturated carbocycles. The molecular weight excluding hydrogens is 250 g/mol.